The lowest BCUT2D eigenvalue weighted by Gasteiger charge is -2.41. The quantitative estimate of drug-likeness (QED) is 0.918. The molecule has 0 amide bonds. The zero-order valence-electron chi connectivity index (χ0n) is 8.24. The molecular weight excluding hydrogens is 258 g/mol. The molecule has 1 aliphatic rings. The third-order valence-corrected chi connectivity index (χ3v) is 3.78. The second kappa shape index (κ2) is 3.93. The van der Waals surface area contributed by atoms with Gasteiger partial charge in [-0.2, -0.15) is 0 Å². The van der Waals surface area contributed by atoms with Gasteiger partial charge in [0.1, 0.15) is 0 Å². The average molecular weight is 270 g/mol. The van der Waals surface area contributed by atoms with Crippen LogP contribution >= 0.6 is 15.9 Å². The van der Waals surface area contributed by atoms with Crippen molar-refractivity contribution >= 4 is 21.9 Å². The summed E-state index contributed by atoms with van der Waals surface area (Å²) in [5, 5.41) is 8.94. The van der Waals surface area contributed by atoms with Crippen LogP contribution in [0.5, 0.6) is 0 Å². The van der Waals surface area contributed by atoms with Crippen LogP contribution in [0.25, 0.3) is 0 Å². The molecule has 0 bridgehead atoms. The molecule has 0 saturated heterocycles. The van der Waals surface area contributed by atoms with Crippen molar-refractivity contribution in [1.29, 1.82) is 0 Å². The van der Waals surface area contributed by atoms with Gasteiger partial charge in [-0.1, -0.05) is 6.42 Å². The average Bonchev–Trinajstić information content (AvgIpc) is 2.12. The number of halogens is 1. The summed E-state index contributed by atoms with van der Waals surface area (Å²) in [6, 6.07) is 1.92. The van der Waals surface area contributed by atoms with Crippen molar-refractivity contribution in [3.63, 3.8) is 0 Å². The molecule has 1 heterocycles. The molecular formula is C11H12BrNO2. The van der Waals surface area contributed by atoms with Crippen LogP contribution in [0.15, 0.2) is 22.9 Å². The molecule has 0 atom stereocenters. The Morgan fingerprint density at radius 2 is 2.33 bits per heavy atom. The Kier molecular flexibility index (Phi) is 2.78. The SMILES string of the molecule is O=C(O)CC1(c2ccncc2Br)CCC1. The standard InChI is InChI=1S/C11H12BrNO2/c12-9-7-13-5-2-8(9)11(3-1-4-11)6-10(14)15/h2,5,7H,1,3-4,6H2,(H,14,15). The number of carboxylic acid groups (broad SMARTS) is 1. The van der Waals surface area contributed by atoms with Gasteiger partial charge in [-0.15, -0.1) is 0 Å². The van der Waals surface area contributed by atoms with Gasteiger partial charge < -0.3 is 5.11 Å². The monoisotopic (exact) mass is 269 g/mol. The van der Waals surface area contributed by atoms with Gasteiger partial charge in [0.2, 0.25) is 0 Å². The Morgan fingerprint density at radius 1 is 1.60 bits per heavy atom. The maximum atomic E-state index is 10.9. The highest BCUT2D eigenvalue weighted by atomic mass is 79.9. The topological polar surface area (TPSA) is 50.2 Å². The van der Waals surface area contributed by atoms with Crippen LogP contribution in [0.3, 0.4) is 0 Å². The Labute approximate surface area is 96.7 Å². The van der Waals surface area contributed by atoms with E-state index in [9.17, 15) is 4.79 Å². The number of rotatable bonds is 3. The summed E-state index contributed by atoms with van der Waals surface area (Å²) in [4.78, 5) is 14.9. The molecule has 0 radical (unpaired) electrons. The molecule has 15 heavy (non-hydrogen) atoms. The van der Waals surface area contributed by atoms with E-state index in [0.29, 0.717) is 0 Å². The van der Waals surface area contributed by atoms with Crippen LogP contribution in [0.1, 0.15) is 31.2 Å². The predicted molar refractivity (Wildman–Crippen MR) is 59.7 cm³/mol. The number of nitrogens with zero attached hydrogens (tertiary/aromatic N) is 1. The Morgan fingerprint density at radius 3 is 2.80 bits per heavy atom. The van der Waals surface area contributed by atoms with Gasteiger partial charge in [0, 0.05) is 22.3 Å². The predicted octanol–water partition coefficient (Wildman–Crippen LogP) is 2.74. The van der Waals surface area contributed by atoms with E-state index < -0.39 is 5.97 Å². The van der Waals surface area contributed by atoms with Gasteiger partial charge >= 0.3 is 5.97 Å². The minimum Gasteiger partial charge on any atom is -0.481 e. The second-order valence-electron chi connectivity index (χ2n) is 4.06. The largest absolute Gasteiger partial charge is 0.481 e. The number of aromatic nitrogens is 1. The van der Waals surface area contributed by atoms with Gasteiger partial charge in [-0.05, 0) is 40.4 Å². The fraction of sp³-hybridized carbons (Fsp3) is 0.455. The van der Waals surface area contributed by atoms with Gasteiger partial charge in [-0.25, -0.2) is 0 Å². The van der Waals surface area contributed by atoms with E-state index in [4.69, 9.17) is 5.11 Å². The van der Waals surface area contributed by atoms with E-state index in [1.165, 1.54) is 0 Å². The van der Waals surface area contributed by atoms with Gasteiger partial charge in [-0.3, -0.25) is 9.78 Å². The molecule has 1 aliphatic carbocycles. The summed E-state index contributed by atoms with van der Waals surface area (Å²) in [6.07, 6.45) is 6.71. The Balaban J connectivity index is 2.34. The van der Waals surface area contributed by atoms with Crippen molar-refractivity contribution in [1.82, 2.24) is 4.98 Å². The van der Waals surface area contributed by atoms with E-state index in [0.717, 1.165) is 29.3 Å². The summed E-state index contributed by atoms with van der Waals surface area (Å²) < 4.78 is 0.922. The lowest BCUT2D eigenvalue weighted by Crippen LogP contribution is -2.36. The van der Waals surface area contributed by atoms with Crippen molar-refractivity contribution < 1.29 is 9.90 Å². The van der Waals surface area contributed by atoms with Crippen LogP contribution in [0.4, 0.5) is 0 Å². The van der Waals surface area contributed by atoms with Crippen molar-refractivity contribution in [3.05, 3.63) is 28.5 Å². The van der Waals surface area contributed by atoms with Crippen LogP contribution < -0.4 is 0 Å². The molecule has 1 N–H and O–H groups in total. The lowest BCUT2D eigenvalue weighted by molar-refractivity contribution is -0.139. The highest BCUT2D eigenvalue weighted by molar-refractivity contribution is 9.10. The lowest BCUT2D eigenvalue weighted by atomic mass is 9.63. The van der Waals surface area contributed by atoms with Crippen LogP contribution in [-0.4, -0.2) is 16.1 Å². The maximum absolute atomic E-state index is 10.9. The molecule has 1 fully saturated rings. The first-order valence-corrected chi connectivity index (χ1v) is 5.75. The number of hydrogen-bond acceptors (Lipinski definition) is 2. The Hall–Kier alpha value is -0.900. The minimum atomic E-state index is -0.724. The molecule has 4 heteroatoms. The van der Waals surface area contributed by atoms with E-state index in [-0.39, 0.29) is 11.8 Å². The first kappa shape index (κ1) is 10.6. The summed E-state index contributed by atoms with van der Waals surface area (Å²) in [7, 11) is 0. The Bertz CT molecular complexity index is 388. The zero-order chi connectivity index (χ0) is 10.9. The number of aliphatic carboxylic acids is 1. The molecule has 0 aliphatic heterocycles. The van der Waals surface area contributed by atoms with Crippen LogP contribution in [0, 0.1) is 0 Å². The van der Waals surface area contributed by atoms with Gasteiger partial charge in [0.05, 0.1) is 6.42 Å². The van der Waals surface area contributed by atoms with E-state index in [1.807, 2.05) is 6.07 Å². The van der Waals surface area contributed by atoms with E-state index in [2.05, 4.69) is 20.9 Å². The first-order chi connectivity index (χ1) is 7.14. The smallest absolute Gasteiger partial charge is 0.304 e. The molecule has 1 saturated carbocycles. The number of hydrogen-bond donors (Lipinski definition) is 1. The third kappa shape index (κ3) is 1.91. The number of carboxylic acids is 1. The molecule has 0 spiro atoms. The van der Waals surface area contributed by atoms with Crippen molar-refractivity contribution in [2.45, 2.75) is 31.1 Å². The summed E-state index contributed by atoms with van der Waals surface area (Å²) in [5.74, 6) is -0.724. The summed E-state index contributed by atoms with van der Waals surface area (Å²) >= 11 is 3.44. The van der Waals surface area contributed by atoms with Gasteiger partial charge in [0.15, 0.2) is 0 Å². The molecule has 0 aromatic carbocycles. The van der Waals surface area contributed by atoms with Crippen LogP contribution in [-0.2, 0) is 10.2 Å². The van der Waals surface area contributed by atoms with Crippen molar-refractivity contribution in [2.24, 2.45) is 0 Å². The fourth-order valence-electron chi connectivity index (χ4n) is 2.24. The molecule has 0 unspecified atom stereocenters. The minimum absolute atomic E-state index is 0.159. The van der Waals surface area contributed by atoms with E-state index in [1.54, 1.807) is 12.4 Å². The third-order valence-electron chi connectivity index (χ3n) is 3.14. The van der Waals surface area contributed by atoms with Gasteiger partial charge in [0.25, 0.3) is 0 Å². The van der Waals surface area contributed by atoms with Crippen LogP contribution in [0.2, 0.25) is 0 Å². The molecule has 1 aromatic heterocycles. The van der Waals surface area contributed by atoms with E-state index >= 15 is 0 Å². The zero-order valence-corrected chi connectivity index (χ0v) is 9.83. The molecule has 3 nitrogen and oxygen atoms in total. The summed E-state index contributed by atoms with van der Waals surface area (Å²) in [5.41, 5.74) is 0.930. The normalized spacial score (nSPS) is 18.2. The fourth-order valence-corrected chi connectivity index (χ4v) is 2.91. The highest BCUT2D eigenvalue weighted by Gasteiger charge is 2.41. The van der Waals surface area contributed by atoms with Crippen molar-refractivity contribution in [3.8, 4) is 0 Å². The summed E-state index contributed by atoms with van der Waals surface area (Å²) in [6.45, 7) is 0. The van der Waals surface area contributed by atoms with Crippen molar-refractivity contribution in [2.75, 3.05) is 0 Å². The molecule has 1 aromatic rings. The molecule has 80 valence electrons. The number of pyridine rings is 1. The number of carbonyl (C=O) groups is 1. The second-order valence-corrected chi connectivity index (χ2v) is 4.91. The highest BCUT2D eigenvalue weighted by Crippen LogP contribution is 2.48. The molecule has 2 rings (SSSR count). The maximum Gasteiger partial charge on any atom is 0.304 e. The first-order valence-electron chi connectivity index (χ1n) is 4.96.